The molecule has 2 aromatic heterocycles. The molecule has 0 saturated heterocycles. The smallest absolute Gasteiger partial charge is 0.271 e. The Bertz CT molecular complexity index is 2240. The van der Waals surface area contributed by atoms with E-state index in [4.69, 9.17) is 4.99 Å². The van der Waals surface area contributed by atoms with E-state index in [0.717, 1.165) is 61.1 Å². The van der Waals surface area contributed by atoms with Crippen LogP contribution in [-0.2, 0) is 6.42 Å². The maximum absolute atomic E-state index is 14.4. The lowest BCUT2D eigenvalue weighted by atomic mass is 9.83. The number of aromatic nitrogens is 2. The van der Waals surface area contributed by atoms with Crippen molar-refractivity contribution in [2.24, 2.45) is 4.99 Å². The molecule has 0 saturated carbocycles. The summed E-state index contributed by atoms with van der Waals surface area (Å²) in [6.45, 7) is 2.12. The topological polar surface area (TPSA) is 50.1 Å². The molecule has 4 aromatic carbocycles. The summed E-state index contributed by atoms with van der Waals surface area (Å²) >= 11 is 5.07. The predicted octanol–water partition coefficient (Wildman–Crippen LogP) is 7.54. The van der Waals surface area contributed by atoms with Crippen LogP contribution in [0.4, 0.5) is 0 Å². The predicted molar refractivity (Wildman–Crippen MR) is 175 cm³/mol. The Morgan fingerprint density at radius 2 is 1.71 bits per heavy atom. The van der Waals surface area contributed by atoms with Crippen molar-refractivity contribution >= 4 is 49.9 Å². The lowest BCUT2D eigenvalue weighted by molar-refractivity contribution is 0.585. The van der Waals surface area contributed by atoms with Gasteiger partial charge in [-0.1, -0.05) is 112 Å². The quantitative estimate of drug-likeness (QED) is 0.216. The Labute approximate surface area is 255 Å². The second-order valence-corrected chi connectivity index (χ2v) is 12.9. The molecule has 0 bridgehead atoms. The van der Waals surface area contributed by atoms with Crippen molar-refractivity contribution < 1.29 is 0 Å². The summed E-state index contributed by atoms with van der Waals surface area (Å²) in [7, 11) is 0. The molecule has 0 radical (unpaired) electrons. The van der Waals surface area contributed by atoms with Gasteiger partial charge in [-0.25, -0.2) is 4.99 Å². The third-order valence-electron chi connectivity index (χ3n) is 8.48. The van der Waals surface area contributed by atoms with Crippen molar-refractivity contribution in [2.75, 3.05) is 0 Å². The number of halogens is 1. The van der Waals surface area contributed by atoms with Crippen molar-refractivity contribution in [2.45, 2.75) is 25.8 Å². The summed E-state index contributed by atoms with van der Waals surface area (Å²) in [4.78, 5) is 24.0. The highest BCUT2D eigenvalue weighted by atomic mass is 79.9. The Hall–Kier alpha value is -4.26. The van der Waals surface area contributed by atoms with Gasteiger partial charge in [-0.05, 0) is 65.8 Å². The molecule has 4 nitrogen and oxygen atoms in total. The van der Waals surface area contributed by atoms with Gasteiger partial charge in [-0.15, -0.1) is 0 Å². The minimum absolute atomic E-state index is 0.00177. The fraction of sp³-hybridized carbons (Fsp3) is 0.111. The van der Waals surface area contributed by atoms with Gasteiger partial charge >= 0.3 is 0 Å². The van der Waals surface area contributed by atoms with E-state index >= 15 is 0 Å². The zero-order valence-corrected chi connectivity index (χ0v) is 25.3. The number of benzene rings is 4. The Morgan fingerprint density at radius 3 is 2.55 bits per heavy atom. The summed E-state index contributed by atoms with van der Waals surface area (Å²) in [5.41, 5.74) is 11.2. The van der Waals surface area contributed by atoms with E-state index in [1.54, 1.807) is 0 Å². The van der Waals surface area contributed by atoms with Crippen molar-refractivity contribution in [3.63, 3.8) is 0 Å². The molecular formula is C36H26BrN3OS. The number of aromatic amines is 1. The van der Waals surface area contributed by atoms with Crippen LogP contribution in [0.25, 0.3) is 33.9 Å². The van der Waals surface area contributed by atoms with E-state index in [1.807, 2.05) is 22.8 Å². The van der Waals surface area contributed by atoms with Crippen LogP contribution in [0.5, 0.6) is 0 Å². The van der Waals surface area contributed by atoms with Crippen LogP contribution in [-0.4, -0.2) is 9.55 Å². The molecule has 1 aliphatic carbocycles. The minimum Gasteiger partial charge on any atom is -0.354 e. The van der Waals surface area contributed by atoms with Gasteiger partial charge in [0.05, 0.1) is 22.0 Å². The van der Waals surface area contributed by atoms with Crippen LogP contribution < -0.4 is 14.9 Å². The molecule has 1 N–H and O–H groups in total. The van der Waals surface area contributed by atoms with Gasteiger partial charge < -0.3 is 4.98 Å². The van der Waals surface area contributed by atoms with Crippen LogP contribution in [0.1, 0.15) is 40.3 Å². The molecular weight excluding hydrogens is 602 g/mol. The highest BCUT2D eigenvalue weighted by molar-refractivity contribution is 9.10. The third-order valence-corrected chi connectivity index (χ3v) is 9.99. The lowest BCUT2D eigenvalue weighted by Crippen LogP contribution is -2.38. The van der Waals surface area contributed by atoms with Gasteiger partial charge in [0, 0.05) is 26.5 Å². The van der Waals surface area contributed by atoms with Crippen LogP contribution in [0.3, 0.4) is 0 Å². The Kier molecular flexibility index (Phi) is 6.02. The van der Waals surface area contributed by atoms with Gasteiger partial charge in [0.25, 0.3) is 5.56 Å². The minimum atomic E-state index is -0.196. The number of hydrogen-bond acceptors (Lipinski definition) is 3. The lowest BCUT2D eigenvalue weighted by Gasteiger charge is -2.30. The molecule has 0 unspecified atom stereocenters. The number of thiazole rings is 1. The molecule has 6 heteroatoms. The standard InChI is InChI=1S/C36H26BrN3OS/c1-21-8-7-13-27-29(32(38-31(21)27)23-10-3-2-4-11-23)20-30-35(41)40-34(24-14-17-25(37)18-15-24)28-19-16-22-9-5-6-12-26(22)33(28)39-36(40)42-30/h2-15,17-18,20,34,38H,16,19H2,1H3/b30-20+/t34-/m0/s1. The number of nitrogens with one attached hydrogen (secondary N) is 1. The fourth-order valence-electron chi connectivity index (χ4n) is 6.47. The second kappa shape index (κ2) is 9.93. The van der Waals surface area contributed by atoms with Gasteiger partial charge in [0.2, 0.25) is 0 Å². The van der Waals surface area contributed by atoms with Gasteiger partial charge in [-0.2, -0.15) is 0 Å². The normalized spacial score (nSPS) is 16.2. The summed E-state index contributed by atoms with van der Waals surface area (Å²) in [6, 6.07) is 33.4. The van der Waals surface area contributed by atoms with Gasteiger partial charge in [-0.3, -0.25) is 9.36 Å². The number of hydrogen-bond donors (Lipinski definition) is 1. The number of rotatable bonds is 3. The third kappa shape index (κ3) is 4.01. The van der Waals surface area contributed by atoms with E-state index < -0.39 is 0 Å². The molecule has 3 heterocycles. The number of para-hydroxylation sites is 1. The largest absolute Gasteiger partial charge is 0.354 e. The molecule has 0 fully saturated rings. The van der Waals surface area contributed by atoms with Crippen LogP contribution >= 0.6 is 27.3 Å². The molecule has 8 rings (SSSR count). The van der Waals surface area contributed by atoms with E-state index in [-0.39, 0.29) is 11.6 Å². The number of fused-ring (bicyclic) bond motifs is 4. The van der Waals surface area contributed by atoms with E-state index in [1.165, 1.54) is 33.6 Å². The number of allylic oxidation sites excluding steroid dienone is 1. The first kappa shape index (κ1) is 25.5. The summed E-state index contributed by atoms with van der Waals surface area (Å²) in [5.74, 6) is 0. The first-order valence-corrected chi connectivity index (χ1v) is 15.7. The average Bonchev–Trinajstić information content (AvgIpc) is 3.55. The highest BCUT2D eigenvalue weighted by Gasteiger charge is 2.32. The Balaban J connectivity index is 1.41. The number of aryl methyl sites for hydroxylation is 2. The molecule has 6 aromatic rings. The van der Waals surface area contributed by atoms with Crippen LogP contribution in [0.15, 0.2) is 117 Å². The van der Waals surface area contributed by atoms with Crippen LogP contribution in [0.2, 0.25) is 0 Å². The van der Waals surface area contributed by atoms with Crippen molar-refractivity contribution in [3.05, 3.63) is 155 Å². The second-order valence-electron chi connectivity index (χ2n) is 10.9. The zero-order valence-electron chi connectivity index (χ0n) is 22.9. The maximum atomic E-state index is 14.4. The molecule has 42 heavy (non-hydrogen) atoms. The molecule has 1 aliphatic heterocycles. The molecule has 1 atom stereocenters. The summed E-state index contributed by atoms with van der Waals surface area (Å²) < 4.78 is 3.63. The SMILES string of the molecule is Cc1cccc2c(/C=c3/sc4n(c3=O)[C@@H](c3ccc(Br)cc3)C3=C(N=4)c4ccccc4CC3)c(-c3ccccc3)[nH]c12. The first-order chi connectivity index (χ1) is 20.6. The maximum Gasteiger partial charge on any atom is 0.271 e. The van der Waals surface area contributed by atoms with Crippen LogP contribution in [0, 0.1) is 6.92 Å². The van der Waals surface area contributed by atoms with E-state index in [2.05, 4.69) is 113 Å². The Morgan fingerprint density at radius 1 is 0.929 bits per heavy atom. The molecule has 0 amide bonds. The van der Waals surface area contributed by atoms with E-state index in [9.17, 15) is 4.79 Å². The van der Waals surface area contributed by atoms with Gasteiger partial charge in [0.1, 0.15) is 0 Å². The fourth-order valence-corrected chi connectivity index (χ4v) is 7.71. The molecule has 0 spiro atoms. The number of H-pyrrole nitrogens is 1. The first-order valence-electron chi connectivity index (χ1n) is 14.1. The van der Waals surface area contributed by atoms with Crippen molar-refractivity contribution in [1.82, 2.24) is 9.55 Å². The monoisotopic (exact) mass is 627 g/mol. The van der Waals surface area contributed by atoms with Gasteiger partial charge in [0.15, 0.2) is 4.80 Å². The number of nitrogens with zero attached hydrogens (tertiary/aromatic N) is 2. The summed E-state index contributed by atoms with van der Waals surface area (Å²) in [6.07, 6.45) is 3.89. The molecule has 2 aliphatic rings. The highest BCUT2D eigenvalue weighted by Crippen LogP contribution is 2.41. The van der Waals surface area contributed by atoms with Crippen molar-refractivity contribution in [3.8, 4) is 11.3 Å². The van der Waals surface area contributed by atoms with E-state index in [0.29, 0.717) is 4.53 Å². The molecule has 204 valence electrons. The zero-order chi connectivity index (χ0) is 28.4. The summed E-state index contributed by atoms with van der Waals surface area (Å²) in [5, 5.41) is 1.11. The van der Waals surface area contributed by atoms with Crippen molar-refractivity contribution in [1.29, 1.82) is 0 Å². The average molecular weight is 629 g/mol.